The van der Waals surface area contributed by atoms with Crippen molar-refractivity contribution in [3.05, 3.63) is 12.7 Å². The molecule has 0 aromatic heterocycles. The maximum atomic E-state index is 12.1. The van der Waals surface area contributed by atoms with Gasteiger partial charge in [0, 0.05) is 6.08 Å². The fourth-order valence-corrected chi connectivity index (χ4v) is 4.04. The third kappa shape index (κ3) is 2.59. The molecule has 0 aromatic rings. The molecule has 5 atom stereocenters. The van der Waals surface area contributed by atoms with Gasteiger partial charge in [-0.1, -0.05) is 6.58 Å². The largest absolute Gasteiger partial charge is 0.462 e. The lowest BCUT2D eigenvalue weighted by Crippen LogP contribution is -2.40. The lowest BCUT2D eigenvalue weighted by molar-refractivity contribution is -0.158. The van der Waals surface area contributed by atoms with Crippen molar-refractivity contribution < 1.29 is 23.8 Å². The zero-order valence-electron chi connectivity index (χ0n) is 11.5. The van der Waals surface area contributed by atoms with Gasteiger partial charge in [-0.25, -0.2) is 4.79 Å². The Bertz CT molecular complexity index is 418. The summed E-state index contributed by atoms with van der Waals surface area (Å²) < 4.78 is 15.8. The Hall–Kier alpha value is -1.36. The molecule has 0 amide bonds. The van der Waals surface area contributed by atoms with Crippen LogP contribution in [0.1, 0.15) is 25.7 Å². The van der Waals surface area contributed by atoms with E-state index in [1.807, 2.05) is 0 Å². The Kier molecular flexibility index (Phi) is 3.78. The molecule has 5 nitrogen and oxygen atoms in total. The first kappa shape index (κ1) is 13.6. The first-order valence-electron chi connectivity index (χ1n) is 7.24. The van der Waals surface area contributed by atoms with E-state index in [4.69, 9.17) is 14.2 Å². The van der Waals surface area contributed by atoms with Gasteiger partial charge < -0.3 is 14.2 Å². The zero-order chi connectivity index (χ0) is 14.1. The normalized spacial score (nSPS) is 38.2. The maximum absolute atomic E-state index is 12.1. The molecule has 2 aliphatic carbocycles. The molecule has 4 fully saturated rings. The Morgan fingerprint density at radius 3 is 3.00 bits per heavy atom. The molecule has 0 aromatic carbocycles. The van der Waals surface area contributed by atoms with Gasteiger partial charge in [0.1, 0.15) is 6.10 Å². The summed E-state index contributed by atoms with van der Waals surface area (Å²) in [6.45, 7) is 3.69. The summed E-state index contributed by atoms with van der Waals surface area (Å²) >= 11 is 0. The second-order valence-electron chi connectivity index (χ2n) is 6.05. The van der Waals surface area contributed by atoms with Crippen LogP contribution in [-0.4, -0.2) is 31.4 Å². The average Bonchev–Trinajstić information content (AvgIpc) is 2.59. The summed E-state index contributed by atoms with van der Waals surface area (Å²) in [5, 5.41) is 0. The van der Waals surface area contributed by atoms with Crippen molar-refractivity contribution in [2.24, 2.45) is 23.7 Å². The third-order valence-electron chi connectivity index (χ3n) is 4.85. The van der Waals surface area contributed by atoms with Crippen molar-refractivity contribution >= 4 is 11.9 Å². The number of hydrogen-bond acceptors (Lipinski definition) is 5. The summed E-state index contributed by atoms with van der Waals surface area (Å²) in [5.41, 5.74) is 0. The Balaban J connectivity index is 1.57. The lowest BCUT2D eigenvalue weighted by atomic mass is 9.62. The van der Waals surface area contributed by atoms with E-state index in [-0.39, 0.29) is 30.7 Å². The highest BCUT2D eigenvalue weighted by Crippen LogP contribution is 2.50. The summed E-state index contributed by atoms with van der Waals surface area (Å²) in [7, 11) is 0. The van der Waals surface area contributed by atoms with Gasteiger partial charge in [0.25, 0.3) is 0 Å². The molecule has 20 heavy (non-hydrogen) atoms. The lowest BCUT2D eigenvalue weighted by Gasteiger charge is -2.41. The van der Waals surface area contributed by atoms with E-state index < -0.39 is 5.97 Å². The molecule has 2 saturated heterocycles. The molecule has 2 aliphatic heterocycles. The van der Waals surface area contributed by atoms with Gasteiger partial charge in [-0.2, -0.15) is 0 Å². The van der Waals surface area contributed by atoms with Crippen molar-refractivity contribution in [1.82, 2.24) is 0 Å². The van der Waals surface area contributed by atoms with E-state index in [1.54, 1.807) is 0 Å². The molecule has 0 N–H and O–H groups in total. The highest BCUT2D eigenvalue weighted by molar-refractivity contribution is 5.81. The number of carbonyl (C=O) groups is 2. The van der Waals surface area contributed by atoms with Crippen molar-refractivity contribution in [1.29, 1.82) is 0 Å². The average molecular weight is 280 g/mol. The molecule has 0 radical (unpaired) electrons. The minimum absolute atomic E-state index is 0.0404. The van der Waals surface area contributed by atoms with Gasteiger partial charge in [0.2, 0.25) is 0 Å². The second kappa shape index (κ2) is 5.56. The number of ether oxygens (including phenoxy) is 3. The van der Waals surface area contributed by atoms with Crippen LogP contribution in [0.4, 0.5) is 0 Å². The summed E-state index contributed by atoms with van der Waals surface area (Å²) in [5.74, 6) is 0.736. The van der Waals surface area contributed by atoms with E-state index in [2.05, 4.69) is 6.58 Å². The molecular formula is C15H20O5. The molecule has 2 heterocycles. The number of rotatable bonds is 5. The van der Waals surface area contributed by atoms with Crippen LogP contribution in [0, 0.1) is 23.7 Å². The van der Waals surface area contributed by atoms with Crippen LogP contribution in [0.3, 0.4) is 0 Å². The fourth-order valence-electron chi connectivity index (χ4n) is 4.04. The number of carbonyl (C=O) groups excluding carboxylic acids is 2. The van der Waals surface area contributed by atoms with Crippen molar-refractivity contribution in [2.75, 3.05) is 13.4 Å². The summed E-state index contributed by atoms with van der Waals surface area (Å²) in [6.07, 6.45) is 5.30. The van der Waals surface area contributed by atoms with Crippen LogP contribution < -0.4 is 0 Å². The summed E-state index contributed by atoms with van der Waals surface area (Å²) in [6, 6.07) is 0. The topological polar surface area (TPSA) is 61.8 Å². The first-order chi connectivity index (χ1) is 9.67. The highest BCUT2D eigenvalue weighted by Gasteiger charge is 2.50. The number of hydrogen-bond donors (Lipinski definition) is 0. The van der Waals surface area contributed by atoms with Gasteiger partial charge in [0.05, 0.1) is 12.5 Å². The van der Waals surface area contributed by atoms with E-state index in [1.165, 1.54) is 6.42 Å². The molecule has 4 bridgehead atoms. The third-order valence-corrected chi connectivity index (χ3v) is 4.85. The van der Waals surface area contributed by atoms with Crippen molar-refractivity contribution in [2.45, 2.75) is 31.8 Å². The summed E-state index contributed by atoms with van der Waals surface area (Å²) in [4.78, 5) is 23.0. The van der Waals surface area contributed by atoms with E-state index in [0.717, 1.165) is 25.3 Å². The van der Waals surface area contributed by atoms with Gasteiger partial charge in [-0.05, 0) is 43.4 Å². The molecule has 2 saturated carbocycles. The second-order valence-corrected chi connectivity index (χ2v) is 6.05. The van der Waals surface area contributed by atoms with Crippen molar-refractivity contribution in [3.63, 3.8) is 0 Å². The molecule has 4 rings (SSSR count). The quantitative estimate of drug-likeness (QED) is 0.332. The fraction of sp³-hybridized carbons (Fsp3) is 0.733. The van der Waals surface area contributed by atoms with Gasteiger partial charge in [-0.3, -0.25) is 4.79 Å². The van der Waals surface area contributed by atoms with Crippen LogP contribution in [0.15, 0.2) is 12.7 Å². The first-order valence-corrected chi connectivity index (χ1v) is 7.24. The monoisotopic (exact) mass is 280 g/mol. The molecule has 110 valence electrons. The van der Waals surface area contributed by atoms with Gasteiger partial charge >= 0.3 is 11.9 Å². The Morgan fingerprint density at radius 2 is 2.20 bits per heavy atom. The van der Waals surface area contributed by atoms with E-state index in [0.29, 0.717) is 18.4 Å². The van der Waals surface area contributed by atoms with E-state index >= 15 is 0 Å². The predicted molar refractivity (Wildman–Crippen MR) is 69.4 cm³/mol. The molecule has 5 heteroatoms. The minimum atomic E-state index is -0.494. The minimum Gasteiger partial charge on any atom is -0.462 e. The molecule has 4 unspecified atom stereocenters. The smallest absolute Gasteiger partial charge is 0.332 e. The molecule has 0 spiro atoms. The Labute approximate surface area is 118 Å². The van der Waals surface area contributed by atoms with Crippen LogP contribution in [-0.2, 0) is 23.8 Å². The standard InChI is InChI=1S/C15H20O5/c1-2-14(16)19-8-18-7-13-10-3-9-4-11(6-10)20-15(17)12(13)5-9/h2,9-13H,1,3-8H2/t9?,10?,11-,12?,13?/m0/s1. The number of esters is 2. The van der Waals surface area contributed by atoms with Crippen molar-refractivity contribution in [3.8, 4) is 0 Å². The predicted octanol–water partition coefficient (Wildman–Crippen LogP) is 1.67. The van der Waals surface area contributed by atoms with Crippen LogP contribution in [0.2, 0.25) is 0 Å². The molecule has 4 aliphatic rings. The van der Waals surface area contributed by atoms with Gasteiger partial charge in [-0.15, -0.1) is 0 Å². The van der Waals surface area contributed by atoms with E-state index in [9.17, 15) is 9.59 Å². The molecular weight excluding hydrogens is 260 g/mol. The van der Waals surface area contributed by atoms with Crippen LogP contribution in [0.25, 0.3) is 0 Å². The van der Waals surface area contributed by atoms with Crippen LogP contribution in [0.5, 0.6) is 0 Å². The van der Waals surface area contributed by atoms with Gasteiger partial charge in [0.15, 0.2) is 6.79 Å². The van der Waals surface area contributed by atoms with Crippen LogP contribution >= 0.6 is 0 Å². The maximum Gasteiger partial charge on any atom is 0.332 e. The highest BCUT2D eigenvalue weighted by atomic mass is 16.7. The SMILES string of the molecule is C=CC(=O)OCOCC1C2CC3CC1C(=O)O[C@@H](C3)C2. The number of fused-ring (bicyclic) bond motifs is 1. The zero-order valence-corrected chi connectivity index (χ0v) is 11.5. The Morgan fingerprint density at radius 1 is 1.35 bits per heavy atom.